The predicted octanol–water partition coefficient (Wildman–Crippen LogP) is 7.32. The maximum Gasteiger partial charge on any atom is 0.311 e. The van der Waals surface area contributed by atoms with E-state index in [0.29, 0.717) is 0 Å². The summed E-state index contributed by atoms with van der Waals surface area (Å²) in [5, 5.41) is 23.9. The van der Waals surface area contributed by atoms with Crippen LogP contribution in [0.4, 0.5) is 0 Å². The van der Waals surface area contributed by atoms with Crippen LogP contribution in [0, 0.1) is 5.41 Å². The van der Waals surface area contributed by atoms with Gasteiger partial charge in [-0.25, -0.2) is 0 Å². The van der Waals surface area contributed by atoms with Gasteiger partial charge in [-0.15, -0.1) is 0 Å². The topological polar surface area (TPSA) is 141 Å². The molecule has 2 aliphatic rings. The minimum Gasteiger partial charge on any atom is -0.454 e. The van der Waals surface area contributed by atoms with Crippen LogP contribution in [0.5, 0.6) is 0 Å². The highest BCUT2D eigenvalue weighted by atomic mass is 16.7. The zero-order valence-electron chi connectivity index (χ0n) is 36.6. The summed E-state index contributed by atoms with van der Waals surface area (Å²) in [6, 6.07) is 48.2. The van der Waals surface area contributed by atoms with Crippen LogP contribution in [0.3, 0.4) is 0 Å². The van der Waals surface area contributed by atoms with Gasteiger partial charge in [-0.1, -0.05) is 152 Å². The maximum atomic E-state index is 13.6. The first kappa shape index (κ1) is 47.1. The molecule has 0 saturated carbocycles. The Morgan fingerprint density at radius 3 is 1.31 bits per heavy atom. The number of ether oxygens (including phenoxy) is 9. The van der Waals surface area contributed by atoms with Crippen molar-refractivity contribution in [1.82, 2.24) is 0 Å². The van der Waals surface area contributed by atoms with E-state index in [1.54, 1.807) is 20.8 Å². The van der Waals surface area contributed by atoms with Crippen LogP contribution < -0.4 is 0 Å². The third-order valence-electron chi connectivity index (χ3n) is 11.0. The van der Waals surface area contributed by atoms with Crippen LogP contribution in [0.15, 0.2) is 152 Å². The van der Waals surface area contributed by atoms with Gasteiger partial charge in [0.15, 0.2) is 18.7 Å². The van der Waals surface area contributed by atoms with Crippen molar-refractivity contribution >= 4 is 5.97 Å². The lowest BCUT2D eigenvalue weighted by Crippen LogP contribution is -2.66. The molecule has 2 aliphatic heterocycles. The number of hydrogen-bond donors (Lipinski definition) is 2. The second-order valence-corrected chi connectivity index (χ2v) is 17.1. The van der Waals surface area contributed by atoms with Gasteiger partial charge in [-0.3, -0.25) is 4.79 Å². The molecule has 2 N–H and O–H groups in total. The van der Waals surface area contributed by atoms with Crippen molar-refractivity contribution in [3.63, 3.8) is 0 Å². The molecule has 10 atom stereocenters. The fourth-order valence-corrected chi connectivity index (χ4v) is 7.50. The summed E-state index contributed by atoms with van der Waals surface area (Å²) in [4.78, 5) is 13.6. The Labute approximate surface area is 375 Å². The van der Waals surface area contributed by atoms with Gasteiger partial charge in [-0.05, 0) is 48.6 Å². The molecule has 2 fully saturated rings. The Bertz CT molecular complexity index is 2090. The number of aliphatic hydroxyl groups is 2. The Hall–Kier alpha value is -4.83. The molecule has 0 aromatic heterocycles. The molecule has 0 radical (unpaired) electrons. The van der Waals surface area contributed by atoms with Gasteiger partial charge in [0.25, 0.3) is 0 Å². The zero-order chi connectivity index (χ0) is 44.7. The summed E-state index contributed by atoms with van der Waals surface area (Å²) in [5.41, 5.74) is 3.56. The maximum absolute atomic E-state index is 13.6. The Morgan fingerprint density at radius 1 is 0.484 bits per heavy atom. The predicted molar refractivity (Wildman–Crippen MR) is 237 cm³/mol. The van der Waals surface area contributed by atoms with E-state index in [2.05, 4.69) is 0 Å². The number of rotatable bonds is 20. The molecule has 0 aliphatic carbocycles. The van der Waals surface area contributed by atoms with E-state index in [4.69, 9.17) is 42.6 Å². The van der Waals surface area contributed by atoms with Crippen LogP contribution in [0.25, 0.3) is 0 Å². The number of hydrogen-bond acceptors (Lipinski definition) is 12. The summed E-state index contributed by atoms with van der Waals surface area (Å²) < 4.78 is 58.6. The van der Waals surface area contributed by atoms with E-state index in [9.17, 15) is 15.0 Å². The van der Waals surface area contributed by atoms with Gasteiger partial charge < -0.3 is 52.8 Å². The number of carbonyl (C=O) groups excluding carboxylic acids is 1. The third kappa shape index (κ3) is 13.4. The quantitative estimate of drug-likeness (QED) is 0.0758. The van der Waals surface area contributed by atoms with E-state index in [-0.39, 0.29) is 46.2 Å². The first-order valence-electron chi connectivity index (χ1n) is 21.9. The highest BCUT2D eigenvalue weighted by molar-refractivity contribution is 5.75. The van der Waals surface area contributed by atoms with Crippen LogP contribution in [-0.4, -0.2) is 90.8 Å². The normalized spacial score (nSPS) is 26.0. The molecule has 0 unspecified atom stereocenters. The molecule has 0 amide bonds. The average molecular weight is 877 g/mol. The van der Waals surface area contributed by atoms with Crippen molar-refractivity contribution in [3.05, 3.63) is 179 Å². The summed E-state index contributed by atoms with van der Waals surface area (Å²) >= 11 is 0. The third-order valence-corrected chi connectivity index (χ3v) is 11.0. The molecule has 0 spiro atoms. The first-order valence-corrected chi connectivity index (χ1v) is 21.9. The number of benzene rings is 5. The van der Waals surface area contributed by atoms with E-state index in [1.807, 2.05) is 152 Å². The Balaban J connectivity index is 1.25. The fourth-order valence-electron chi connectivity index (χ4n) is 7.50. The summed E-state index contributed by atoms with van der Waals surface area (Å²) in [6.07, 6.45) is -11.6. The summed E-state index contributed by atoms with van der Waals surface area (Å²) in [5.74, 6) is -0.572. The molecular weight excluding hydrogens is 817 g/mol. The highest BCUT2D eigenvalue weighted by Crippen LogP contribution is 2.35. The van der Waals surface area contributed by atoms with E-state index >= 15 is 0 Å². The molecule has 2 saturated heterocycles. The van der Waals surface area contributed by atoms with E-state index < -0.39 is 72.8 Å². The van der Waals surface area contributed by atoms with Crippen LogP contribution >= 0.6 is 0 Å². The minimum absolute atomic E-state index is 0.0181. The number of esters is 1. The van der Waals surface area contributed by atoms with Crippen LogP contribution in [0.2, 0.25) is 0 Å². The molecule has 0 bridgehead atoms. The van der Waals surface area contributed by atoms with Crippen LogP contribution in [-0.2, 0) is 80.5 Å². The average Bonchev–Trinajstić information content (AvgIpc) is 3.31. The van der Waals surface area contributed by atoms with Crippen molar-refractivity contribution in [2.24, 2.45) is 5.41 Å². The number of carbonyl (C=O) groups is 1. The molecule has 340 valence electrons. The molecule has 12 heteroatoms. The van der Waals surface area contributed by atoms with Gasteiger partial charge in [0, 0.05) is 0 Å². The molecule has 12 nitrogen and oxygen atoms in total. The molecule has 5 aromatic carbocycles. The van der Waals surface area contributed by atoms with Crippen molar-refractivity contribution < 1.29 is 57.6 Å². The second kappa shape index (κ2) is 23.4. The van der Waals surface area contributed by atoms with Crippen LogP contribution in [0.1, 0.15) is 48.6 Å². The minimum atomic E-state index is -1.61. The summed E-state index contributed by atoms with van der Waals surface area (Å²) in [6.45, 7) is 5.99. The molecular formula is C52H60O12. The second-order valence-electron chi connectivity index (χ2n) is 17.1. The van der Waals surface area contributed by atoms with E-state index in [0.717, 1.165) is 27.8 Å². The van der Waals surface area contributed by atoms with Crippen molar-refractivity contribution in [3.8, 4) is 0 Å². The lowest BCUT2D eigenvalue weighted by atomic mass is 9.94. The lowest BCUT2D eigenvalue weighted by Gasteiger charge is -2.49. The highest BCUT2D eigenvalue weighted by Gasteiger charge is 2.54. The smallest absolute Gasteiger partial charge is 0.311 e. The SMILES string of the molecule is CC(C)(C)C(=O)O[C@@H]1[C@@H](OCc2ccccc2)[C@H](O[C@@H]2O[C@H](COCc3ccccc3)[C@H](O)[C@H](OCc3ccccc3)[C@H]2OCc2ccccc2)[C@@H](COCc2ccccc2)O[C@H]1O. The summed E-state index contributed by atoms with van der Waals surface area (Å²) in [7, 11) is 0. The van der Waals surface area contributed by atoms with Crippen molar-refractivity contribution in [2.75, 3.05) is 13.2 Å². The van der Waals surface area contributed by atoms with Gasteiger partial charge in [0.1, 0.15) is 42.7 Å². The molecule has 7 rings (SSSR count). The Morgan fingerprint density at radius 2 is 0.875 bits per heavy atom. The zero-order valence-corrected chi connectivity index (χ0v) is 36.6. The van der Waals surface area contributed by atoms with E-state index in [1.165, 1.54) is 0 Å². The largest absolute Gasteiger partial charge is 0.454 e. The first-order chi connectivity index (χ1) is 31.1. The van der Waals surface area contributed by atoms with Gasteiger partial charge >= 0.3 is 5.97 Å². The molecule has 5 aromatic rings. The van der Waals surface area contributed by atoms with Gasteiger partial charge in [-0.2, -0.15) is 0 Å². The fraction of sp³-hybridized carbons (Fsp3) is 0.404. The van der Waals surface area contributed by atoms with Crippen molar-refractivity contribution in [1.29, 1.82) is 0 Å². The van der Waals surface area contributed by atoms with Gasteiger partial charge in [0.05, 0.1) is 51.7 Å². The monoisotopic (exact) mass is 876 g/mol. The van der Waals surface area contributed by atoms with Gasteiger partial charge in [0.2, 0.25) is 0 Å². The molecule has 64 heavy (non-hydrogen) atoms. The Kier molecular flexibility index (Phi) is 17.2. The molecule has 2 heterocycles. The lowest BCUT2D eigenvalue weighted by molar-refractivity contribution is -0.369. The number of aliphatic hydroxyl groups excluding tert-OH is 2. The van der Waals surface area contributed by atoms with Crippen molar-refractivity contribution in [2.45, 2.75) is 115 Å². The standard InChI is InChI=1S/C52H60O12/c1-52(2,3)51(55)64-47-46(59-32-39-25-15-7-16-26-39)44(42(61-49(47)54)35-57-30-37-21-11-5-12-22-37)63-50-48(60-33-40-27-17-8-18-28-40)45(58-31-38-23-13-6-14-24-38)43(53)41(62-50)34-56-29-36-19-9-4-10-20-36/h4-28,41-50,53-54H,29-35H2,1-3H3/t41-,42-,43+,44-,45+,46+,47-,48-,49-,50+/m1/s1.